The second kappa shape index (κ2) is 7.00. The van der Waals surface area contributed by atoms with Crippen molar-refractivity contribution < 1.29 is 14.3 Å². The van der Waals surface area contributed by atoms with Crippen LogP contribution in [-0.4, -0.2) is 49.0 Å². The molecular weight excluding hydrogens is 294 g/mol. The molecule has 6 nitrogen and oxygen atoms in total. The molecule has 2 aliphatic heterocycles. The van der Waals surface area contributed by atoms with Crippen molar-refractivity contribution in [3.8, 4) is 5.75 Å². The highest BCUT2D eigenvalue weighted by Gasteiger charge is 2.28. The summed E-state index contributed by atoms with van der Waals surface area (Å²) in [6.45, 7) is 2.40. The lowest BCUT2D eigenvalue weighted by atomic mass is 10.0. The Balaban J connectivity index is 1.60. The fourth-order valence-corrected chi connectivity index (χ4v) is 3.41. The number of primary amides is 1. The van der Waals surface area contributed by atoms with Gasteiger partial charge >= 0.3 is 0 Å². The molecule has 0 spiro atoms. The van der Waals surface area contributed by atoms with Crippen molar-refractivity contribution in [3.05, 3.63) is 24.3 Å². The first kappa shape index (κ1) is 15.8. The van der Waals surface area contributed by atoms with Gasteiger partial charge < -0.3 is 15.4 Å². The zero-order valence-electron chi connectivity index (χ0n) is 13.2. The Bertz CT molecular complexity index is 590. The van der Waals surface area contributed by atoms with E-state index in [1.54, 1.807) is 4.90 Å². The number of para-hydroxylation sites is 2. The fraction of sp³-hybridized carbons (Fsp3) is 0.529. The van der Waals surface area contributed by atoms with E-state index in [4.69, 9.17) is 10.5 Å². The number of rotatable bonds is 5. The number of ether oxygens (including phenoxy) is 1. The first-order chi connectivity index (χ1) is 11.2. The summed E-state index contributed by atoms with van der Waals surface area (Å²) in [4.78, 5) is 27.6. The number of carbonyl (C=O) groups excluding carboxylic acids is 2. The van der Waals surface area contributed by atoms with Gasteiger partial charge in [0.15, 0.2) is 6.61 Å². The predicted octanol–water partition coefficient (Wildman–Crippen LogP) is 1.14. The Hall–Kier alpha value is -2.08. The summed E-state index contributed by atoms with van der Waals surface area (Å²) in [5.41, 5.74) is 6.32. The van der Waals surface area contributed by atoms with Crippen LogP contribution in [0, 0.1) is 0 Å². The molecule has 1 unspecified atom stereocenters. The van der Waals surface area contributed by atoms with Crippen LogP contribution in [0.15, 0.2) is 24.3 Å². The zero-order chi connectivity index (χ0) is 16.2. The van der Waals surface area contributed by atoms with Crippen molar-refractivity contribution in [3.63, 3.8) is 0 Å². The van der Waals surface area contributed by atoms with Gasteiger partial charge in [0.05, 0.1) is 11.7 Å². The lowest BCUT2D eigenvalue weighted by molar-refractivity contribution is -0.124. The minimum Gasteiger partial charge on any atom is -0.482 e. The van der Waals surface area contributed by atoms with E-state index >= 15 is 0 Å². The monoisotopic (exact) mass is 317 g/mol. The van der Waals surface area contributed by atoms with Crippen molar-refractivity contribution in [1.29, 1.82) is 0 Å². The maximum atomic E-state index is 12.1. The average Bonchev–Trinajstić information content (AvgIpc) is 2.57. The summed E-state index contributed by atoms with van der Waals surface area (Å²) in [5.74, 6) is 0.492. The van der Waals surface area contributed by atoms with Gasteiger partial charge in [-0.2, -0.15) is 0 Å². The number of piperidine rings is 1. The molecule has 0 aliphatic carbocycles. The molecule has 2 N–H and O–H groups in total. The smallest absolute Gasteiger partial charge is 0.265 e. The summed E-state index contributed by atoms with van der Waals surface area (Å²) in [5, 5.41) is 0. The third kappa shape index (κ3) is 3.47. The normalized spacial score (nSPS) is 21.7. The SMILES string of the molecule is NC(=O)C1CCCCN1CCCN1C(=O)COc2ccccc21. The number of nitrogens with zero attached hydrogens (tertiary/aromatic N) is 2. The third-order valence-corrected chi connectivity index (χ3v) is 4.58. The van der Waals surface area contributed by atoms with Crippen LogP contribution in [0.5, 0.6) is 5.75 Å². The Kier molecular flexibility index (Phi) is 4.81. The Morgan fingerprint density at radius 3 is 2.91 bits per heavy atom. The maximum absolute atomic E-state index is 12.1. The predicted molar refractivity (Wildman–Crippen MR) is 87.3 cm³/mol. The van der Waals surface area contributed by atoms with Crippen molar-refractivity contribution in [2.75, 3.05) is 31.1 Å². The molecule has 1 aromatic carbocycles. The minimum atomic E-state index is -0.238. The van der Waals surface area contributed by atoms with Gasteiger partial charge in [-0.25, -0.2) is 0 Å². The van der Waals surface area contributed by atoms with Crippen molar-refractivity contribution in [1.82, 2.24) is 4.90 Å². The van der Waals surface area contributed by atoms with Crippen LogP contribution in [0.2, 0.25) is 0 Å². The molecule has 0 radical (unpaired) electrons. The molecule has 1 atom stereocenters. The van der Waals surface area contributed by atoms with Gasteiger partial charge in [0.2, 0.25) is 5.91 Å². The van der Waals surface area contributed by atoms with Crippen LogP contribution in [0.4, 0.5) is 5.69 Å². The standard InChI is InChI=1S/C17H23N3O3/c18-17(22)14-7-3-4-9-19(14)10-5-11-20-13-6-1-2-8-15(13)23-12-16(20)21/h1-2,6,8,14H,3-5,7,9-12H2,(H2,18,22). The molecule has 2 amide bonds. The van der Waals surface area contributed by atoms with Gasteiger partial charge in [0.25, 0.3) is 5.91 Å². The number of hydrogen-bond donors (Lipinski definition) is 1. The first-order valence-electron chi connectivity index (χ1n) is 8.22. The summed E-state index contributed by atoms with van der Waals surface area (Å²) >= 11 is 0. The number of carbonyl (C=O) groups is 2. The molecule has 1 saturated heterocycles. The number of nitrogens with two attached hydrogens (primary N) is 1. The van der Waals surface area contributed by atoms with Gasteiger partial charge in [0, 0.05) is 13.1 Å². The highest BCUT2D eigenvalue weighted by Crippen LogP contribution is 2.31. The number of benzene rings is 1. The van der Waals surface area contributed by atoms with Crippen LogP contribution < -0.4 is 15.4 Å². The molecule has 6 heteroatoms. The second-order valence-corrected chi connectivity index (χ2v) is 6.11. The van der Waals surface area contributed by atoms with Crippen LogP contribution in [0.25, 0.3) is 0 Å². The van der Waals surface area contributed by atoms with Gasteiger partial charge in [0.1, 0.15) is 5.75 Å². The summed E-state index contributed by atoms with van der Waals surface area (Å²) < 4.78 is 5.45. The summed E-state index contributed by atoms with van der Waals surface area (Å²) in [6.07, 6.45) is 3.81. The summed E-state index contributed by atoms with van der Waals surface area (Å²) in [6, 6.07) is 7.43. The van der Waals surface area contributed by atoms with E-state index < -0.39 is 0 Å². The number of amides is 2. The van der Waals surface area contributed by atoms with E-state index in [0.717, 1.165) is 50.2 Å². The maximum Gasteiger partial charge on any atom is 0.265 e. The number of hydrogen-bond acceptors (Lipinski definition) is 4. The van der Waals surface area contributed by atoms with E-state index in [1.807, 2.05) is 24.3 Å². The van der Waals surface area contributed by atoms with Gasteiger partial charge in [-0.15, -0.1) is 0 Å². The van der Waals surface area contributed by atoms with Crippen LogP contribution in [0.3, 0.4) is 0 Å². The van der Waals surface area contributed by atoms with Gasteiger partial charge in [-0.3, -0.25) is 14.5 Å². The quantitative estimate of drug-likeness (QED) is 0.883. The molecule has 0 bridgehead atoms. The van der Waals surface area contributed by atoms with Crippen LogP contribution in [0.1, 0.15) is 25.7 Å². The first-order valence-corrected chi connectivity index (χ1v) is 8.22. The molecule has 0 saturated carbocycles. The van der Waals surface area contributed by atoms with Gasteiger partial charge in [-0.05, 0) is 37.9 Å². The molecule has 1 aromatic rings. The molecule has 23 heavy (non-hydrogen) atoms. The van der Waals surface area contributed by atoms with Crippen molar-refractivity contribution >= 4 is 17.5 Å². The molecule has 1 fully saturated rings. The minimum absolute atomic E-state index is 0.0196. The van der Waals surface area contributed by atoms with E-state index in [9.17, 15) is 9.59 Å². The highest BCUT2D eigenvalue weighted by molar-refractivity contribution is 5.97. The van der Waals surface area contributed by atoms with E-state index in [2.05, 4.69) is 4.90 Å². The largest absolute Gasteiger partial charge is 0.482 e. The third-order valence-electron chi connectivity index (χ3n) is 4.58. The summed E-state index contributed by atoms with van der Waals surface area (Å²) in [7, 11) is 0. The molecule has 2 heterocycles. The fourth-order valence-electron chi connectivity index (χ4n) is 3.41. The molecule has 2 aliphatic rings. The van der Waals surface area contributed by atoms with Gasteiger partial charge in [-0.1, -0.05) is 18.6 Å². The Labute approximate surface area is 136 Å². The lowest BCUT2D eigenvalue weighted by Crippen LogP contribution is -2.48. The lowest BCUT2D eigenvalue weighted by Gasteiger charge is -2.34. The molecular formula is C17H23N3O3. The van der Waals surface area contributed by atoms with E-state index in [0.29, 0.717) is 6.54 Å². The molecule has 3 rings (SSSR count). The van der Waals surface area contributed by atoms with Crippen LogP contribution in [-0.2, 0) is 9.59 Å². The number of likely N-dealkylation sites (tertiary alicyclic amines) is 1. The molecule has 124 valence electrons. The topological polar surface area (TPSA) is 75.9 Å². The van der Waals surface area contributed by atoms with E-state index in [1.165, 1.54) is 0 Å². The second-order valence-electron chi connectivity index (χ2n) is 6.11. The zero-order valence-corrected chi connectivity index (χ0v) is 13.2. The molecule has 0 aromatic heterocycles. The van der Waals surface area contributed by atoms with Crippen molar-refractivity contribution in [2.24, 2.45) is 5.73 Å². The Morgan fingerprint density at radius 2 is 2.09 bits per heavy atom. The number of anilines is 1. The Morgan fingerprint density at radius 1 is 1.26 bits per heavy atom. The number of fused-ring (bicyclic) bond motifs is 1. The van der Waals surface area contributed by atoms with E-state index in [-0.39, 0.29) is 24.5 Å². The van der Waals surface area contributed by atoms with Crippen LogP contribution >= 0.6 is 0 Å². The average molecular weight is 317 g/mol. The highest BCUT2D eigenvalue weighted by atomic mass is 16.5. The van der Waals surface area contributed by atoms with Crippen molar-refractivity contribution in [2.45, 2.75) is 31.7 Å².